The minimum absolute atomic E-state index is 0.0366. The molecule has 0 aromatic heterocycles. The summed E-state index contributed by atoms with van der Waals surface area (Å²) in [7, 11) is 3.36. The Hall–Kier alpha value is -1.99. The van der Waals surface area contributed by atoms with Crippen LogP contribution in [-0.4, -0.2) is 60.8 Å². The predicted molar refractivity (Wildman–Crippen MR) is 85.9 cm³/mol. The molecule has 24 heavy (non-hydrogen) atoms. The molecule has 1 aromatic carbocycles. The minimum atomic E-state index is -0.567. The summed E-state index contributed by atoms with van der Waals surface area (Å²) in [5.74, 6) is -0.787. The monoisotopic (exact) mass is 338 g/mol. The van der Waals surface area contributed by atoms with Gasteiger partial charge in [-0.1, -0.05) is 0 Å². The maximum Gasteiger partial charge on any atom is 0.251 e. The van der Waals surface area contributed by atoms with Crippen LogP contribution in [0.2, 0.25) is 0 Å². The number of aliphatic hydroxyl groups is 1. The Labute approximate surface area is 140 Å². The van der Waals surface area contributed by atoms with Crippen molar-refractivity contribution in [2.75, 3.05) is 20.7 Å². The average molecular weight is 338 g/mol. The molecule has 1 saturated heterocycles. The van der Waals surface area contributed by atoms with Crippen molar-refractivity contribution >= 4 is 11.8 Å². The molecule has 1 aromatic rings. The molecule has 6 nitrogen and oxygen atoms in total. The largest absolute Gasteiger partial charge is 0.394 e. The zero-order valence-electron chi connectivity index (χ0n) is 13.9. The maximum absolute atomic E-state index is 12.9. The Balaban J connectivity index is 1.93. The van der Waals surface area contributed by atoms with Crippen LogP contribution in [0.4, 0.5) is 4.39 Å². The van der Waals surface area contributed by atoms with E-state index in [4.69, 9.17) is 4.74 Å². The highest BCUT2D eigenvalue weighted by Gasteiger charge is 2.33. The lowest BCUT2D eigenvalue weighted by molar-refractivity contribution is -0.137. The Morgan fingerprint density at radius 2 is 1.96 bits per heavy atom. The third kappa shape index (κ3) is 4.75. The van der Waals surface area contributed by atoms with E-state index in [1.807, 2.05) is 0 Å². The van der Waals surface area contributed by atoms with Gasteiger partial charge in [-0.3, -0.25) is 9.59 Å². The highest BCUT2D eigenvalue weighted by molar-refractivity contribution is 5.94. The number of aliphatic hydroxyl groups excluding tert-OH is 1. The Morgan fingerprint density at radius 1 is 1.29 bits per heavy atom. The highest BCUT2D eigenvalue weighted by atomic mass is 19.1. The molecule has 1 aliphatic rings. The number of benzene rings is 1. The summed E-state index contributed by atoms with van der Waals surface area (Å²) in [6.07, 6.45) is 0.634. The van der Waals surface area contributed by atoms with Crippen molar-refractivity contribution in [3.05, 3.63) is 35.6 Å². The van der Waals surface area contributed by atoms with E-state index in [1.165, 1.54) is 29.2 Å². The first-order chi connectivity index (χ1) is 11.4. The molecule has 1 aliphatic heterocycles. The fraction of sp³-hybridized carbons (Fsp3) is 0.529. The van der Waals surface area contributed by atoms with Gasteiger partial charge in [0.15, 0.2) is 0 Å². The van der Waals surface area contributed by atoms with Crippen molar-refractivity contribution < 1.29 is 23.8 Å². The number of halogens is 1. The van der Waals surface area contributed by atoms with Gasteiger partial charge in [0.2, 0.25) is 5.91 Å². The van der Waals surface area contributed by atoms with Crippen molar-refractivity contribution in [1.82, 2.24) is 10.2 Å². The zero-order chi connectivity index (χ0) is 17.7. The Morgan fingerprint density at radius 3 is 2.54 bits per heavy atom. The number of ether oxygens (including phenoxy) is 1. The second kappa shape index (κ2) is 8.21. The number of hydrogen-bond donors (Lipinski definition) is 2. The third-order valence-corrected chi connectivity index (χ3v) is 4.12. The van der Waals surface area contributed by atoms with Crippen molar-refractivity contribution in [3.8, 4) is 0 Å². The minimum Gasteiger partial charge on any atom is -0.394 e. The molecule has 0 radical (unpaired) electrons. The number of carbonyl (C=O) groups excluding carboxylic acids is 2. The average Bonchev–Trinajstić information content (AvgIpc) is 2.56. The fourth-order valence-corrected chi connectivity index (χ4v) is 2.68. The van der Waals surface area contributed by atoms with Crippen molar-refractivity contribution in [2.24, 2.45) is 0 Å². The zero-order valence-corrected chi connectivity index (χ0v) is 13.9. The van der Waals surface area contributed by atoms with Gasteiger partial charge in [-0.25, -0.2) is 4.39 Å². The topological polar surface area (TPSA) is 78.9 Å². The summed E-state index contributed by atoms with van der Waals surface area (Å²) in [5, 5.41) is 12.3. The van der Waals surface area contributed by atoms with Gasteiger partial charge >= 0.3 is 0 Å². The molecule has 0 unspecified atom stereocenters. The van der Waals surface area contributed by atoms with E-state index in [2.05, 4.69) is 5.32 Å². The number of amides is 2. The first kappa shape index (κ1) is 18.4. The molecule has 2 N–H and O–H groups in total. The van der Waals surface area contributed by atoms with Gasteiger partial charge in [0, 0.05) is 19.7 Å². The van der Waals surface area contributed by atoms with Crippen LogP contribution in [0.15, 0.2) is 24.3 Å². The lowest BCUT2D eigenvalue weighted by atomic mass is 9.96. The normalized spacial score (nSPS) is 23.6. The van der Waals surface area contributed by atoms with Crippen LogP contribution in [-0.2, 0) is 9.53 Å². The molecular weight excluding hydrogens is 315 g/mol. The van der Waals surface area contributed by atoms with Crippen LogP contribution in [0.25, 0.3) is 0 Å². The second-order valence-electron chi connectivity index (χ2n) is 6.14. The molecule has 3 atom stereocenters. The fourth-order valence-electron chi connectivity index (χ4n) is 2.68. The smallest absolute Gasteiger partial charge is 0.251 e. The van der Waals surface area contributed by atoms with E-state index in [0.717, 1.165) is 0 Å². The van der Waals surface area contributed by atoms with Crippen LogP contribution in [0.3, 0.4) is 0 Å². The summed E-state index contributed by atoms with van der Waals surface area (Å²) in [6.45, 7) is -0.249. The van der Waals surface area contributed by atoms with Crippen molar-refractivity contribution in [3.63, 3.8) is 0 Å². The molecule has 2 amide bonds. The first-order valence-electron chi connectivity index (χ1n) is 7.93. The molecule has 2 rings (SSSR count). The number of nitrogens with one attached hydrogen (secondary N) is 1. The summed E-state index contributed by atoms with van der Waals surface area (Å²) >= 11 is 0. The summed E-state index contributed by atoms with van der Waals surface area (Å²) in [4.78, 5) is 25.5. The molecule has 0 aliphatic carbocycles. The molecule has 0 bridgehead atoms. The predicted octanol–water partition coefficient (Wildman–Crippen LogP) is 0.942. The van der Waals surface area contributed by atoms with Crippen LogP contribution in [0, 0.1) is 5.82 Å². The maximum atomic E-state index is 12.9. The van der Waals surface area contributed by atoms with E-state index in [0.29, 0.717) is 18.4 Å². The van der Waals surface area contributed by atoms with Gasteiger partial charge in [0.05, 0.1) is 25.2 Å². The first-order valence-corrected chi connectivity index (χ1v) is 7.93. The molecule has 0 spiro atoms. The van der Waals surface area contributed by atoms with Gasteiger partial charge in [-0.05, 0) is 37.1 Å². The van der Waals surface area contributed by atoms with Gasteiger partial charge in [0.1, 0.15) is 11.9 Å². The molecule has 132 valence electrons. The van der Waals surface area contributed by atoms with Crippen LogP contribution in [0.5, 0.6) is 0 Å². The van der Waals surface area contributed by atoms with Crippen LogP contribution in [0.1, 0.15) is 29.6 Å². The van der Waals surface area contributed by atoms with E-state index in [-0.39, 0.29) is 37.0 Å². The number of rotatable bonds is 5. The lowest BCUT2D eigenvalue weighted by Crippen LogP contribution is -2.51. The van der Waals surface area contributed by atoms with E-state index in [1.54, 1.807) is 14.1 Å². The van der Waals surface area contributed by atoms with Crippen molar-refractivity contribution in [1.29, 1.82) is 0 Å². The van der Waals surface area contributed by atoms with Gasteiger partial charge in [-0.2, -0.15) is 0 Å². The summed E-state index contributed by atoms with van der Waals surface area (Å²) in [6, 6.07) is 4.90. The quantitative estimate of drug-likeness (QED) is 0.838. The lowest BCUT2D eigenvalue weighted by Gasteiger charge is -2.36. The second-order valence-corrected chi connectivity index (χ2v) is 6.14. The van der Waals surface area contributed by atoms with Gasteiger partial charge in [-0.15, -0.1) is 0 Å². The SMILES string of the molecule is CN(C)C(=O)C[C@@H]1CC[C@@H](NC(=O)c2ccc(F)cc2)[C@@H](CO)O1. The number of hydrogen-bond acceptors (Lipinski definition) is 4. The third-order valence-electron chi connectivity index (χ3n) is 4.12. The van der Waals surface area contributed by atoms with Crippen molar-refractivity contribution in [2.45, 2.75) is 37.5 Å². The standard InChI is InChI=1S/C17H23FN2O4/c1-20(2)16(22)9-13-7-8-14(15(10-21)24-13)19-17(23)11-3-5-12(18)6-4-11/h3-6,13-15,21H,7-10H2,1-2H3,(H,19,23)/t13-,14+,15+/m0/s1. The number of carbonyl (C=O) groups is 2. The highest BCUT2D eigenvalue weighted by Crippen LogP contribution is 2.22. The van der Waals surface area contributed by atoms with E-state index < -0.39 is 11.9 Å². The van der Waals surface area contributed by atoms with Crippen LogP contribution >= 0.6 is 0 Å². The Kier molecular flexibility index (Phi) is 6.28. The molecule has 1 heterocycles. The molecule has 7 heteroatoms. The summed E-state index contributed by atoms with van der Waals surface area (Å²) in [5.41, 5.74) is 0.345. The van der Waals surface area contributed by atoms with Gasteiger partial charge < -0.3 is 20.1 Å². The van der Waals surface area contributed by atoms with Gasteiger partial charge in [0.25, 0.3) is 5.91 Å². The summed E-state index contributed by atoms with van der Waals surface area (Å²) < 4.78 is 18.7. The van der Waals surface area contributed by atoms with Crippen LogP contribution < -0.4 is 5.32 Å². The Bertz CT molecular complexity index is 576. The van der Waals surface area contributed by atoms with E-state index >= 15 is 0 Å². The molecule has 1 fully saturated rings. The number of nitrogens with zero attached hydrogens (tertiary/aromatic N) is 1. The molecule has 0 saturated carbocycles. The molecular formula is C17H23FN2O4. The van der Waals surface area contributed by atoms with E-state index in [9.17, 15) is 19.1 Å².